The highest BCUT2D eigenvalue weighted by Crippen LogP contribution is 2.30. The molecule has 4 heteroatoms. The van der Waals surface area contributed by atoms with Crippen LogP contribution in [-0.2, 0) is 11.2 Å². The summed E-state index contributed by atoms with van der Waals surface area (Å²) in [5.74, 6) is 0.795. The quantitative estimate of drug-likeness (QED) is 0.876. The Morgan fingerprint density at radius 3 is 3.25 bits per heavy atom. The van der Waals surface area contributed by atoms with Gasteiger partial charge in [0.2, 0.25) is 0 Å². The third-order valence-electron chi connectivity index (χ3n) is 3.45. The van der Waals surface area contributed by atoms with Gasteiger partial charge in [-0.1, -0.05) is 0 Å². The maximum Gasteiger partial charge on any atom is 0.100 e. The summed E-state index contributed by atoms with van der Waals surface area (Å²) in [4.78, 5) is 4.72. The van der Waals surface area contributed by atoms with Crippen molar-refractivity contribution in [3.8, 4) is 0 Å². The van der Waals surface area contributed by atoms with Gasteiger partial charge in [0.1, 0.15) is 6.10 Å². The highest BCUT2D eigenvalue weighted by atomic mass is 32.1. The number of hydrogen-bond acceptors (Lipinski definition) is 4. The number of nitrogens with one attached hydrogen (secondary N) is 1. The summed E-state index contributed by atoms with van der Waals surface area (Å²) in [7, 11) is 0. The van der Waals surface area contributed by atoms with Crippen LogP contribution in [0.3, 0.4) is 0 Å². The fourth-order valence-corrected chi connectivity index (χ4v) is 3.46. The highest BCUT2D eigenvalue weighted by molar-refractivity contribution is 7.09. The summed E-state index contributed by atoms with van der Waals surface area (Å²) in [6.45, 7) is 3.24. The Kier molecular flexibility index (Phi) is 3.22. The molecule has 2 fully saturated rings. The fraction of sp³-hybridized carbons (Fsp3) is 0.750. The average molecular weight is 238 g/mol. The molecule has 0 spiro atoms. The van der Waals surface area contributed by atoms with E-state index >= 15 is 0 Å². The highest BCUT2D eigenvalue weighted by Gasteiger charge is 2.22. The van der Waals surface area contributed by atoms with Crippen molar-refractivity contribution in [2.45, 2.75) is 31.8 Å². The van der Waals surface area contributed by atoms with Crippen molar-refractivity contribution in [3.05, 3.63) is 16.1 Å². The lowest BCUT2D eigenvalue weighted by Crippen LogP contribution is -2.10. The SMILES string of the molecule is c1sc(CC2CCNC2)nc1C1CCCO1. The molecule has 0 aromatic carbocycles. The largest absolute Gasteiger partial charge is 0.372 e. The summed E-state index contributed by atoms with van der Waals surface area (Å²) in [6.07, 6.45) is 5.06. The lowest BCUT2D eigenvalue weighted by atomic mass is 10.1. The van der Waals surface area contributed by atoms with E-state index in [4.69, 9.17) is 9.72 Å². The summed E-state index contributed by atoms with van der Waals surface area (Å²) in [6, 6.07) is 0. The van der Waals surface area contributed by atoms with E-state index < -0.39 is 0 Å². The van der Waals surface area contributed by atoms with E-state index in [0.29, 0.717) is 0 Å². The number of aromatic nitrogens is 1. The Morgan fingerprint density at radius 1 is 1.50 bits per heavy atom. The van der Waals surface area contributed by atoms with E-state index in [9.17, 15) is 0 Å². The molecular formula is C12H18N2OS. The second-order valence-electron chi connectivity index (χ2n) is 4.73. The van der Waals surface area contributed by atoms with E-state index in [2.05, 4.69) is 10.7 Å². The number of hydrogen-bond donors (Lipinski definition) is 1. The molecule has 2 saturated heterocycles. The Morgan fingerprint density at radius 2 is 2.50 bits per heavy atom. The van der Waals surface area contributed by atoms with Crippen molar-refractivity contribution in [1.29, 1.82) is 0 Å². The first-order valence-electron chi connectivity index (χ1n) is 6.18. The maximum atomic E-state index is 5.65. The van der Waals surface area contributed by atoms with Gasteiger partial charge in [-0.2, -0.15) is 0 Å². The molecule has 0 aliphatic carbocycles. The lowest BCUT2D eigenvalue weighted by Gasteiger charge is -2.06. The molecule has 3 rings (SSSR count). The molecule has 1 aromatic rings. The van der Waals surface area contributed by atoms with Gasteiger partial charge in [-0.05, 0) is 38.3 Å². The normalized spacial score (nSPS) is 30.0. The molecule has 0 radical (unpaired) electrons. The summed E-state index contributed by atoms with van der Waals surface area (Å²) < 4.78 is 5.65. The van der Waals surface area contributed by atoms with Crippen LogP contribution in [-0.4, -0.2) is 24.7 Å². The number of nitrogens with zero attached hydrogens (tertiary/aromatic N) is 1. The van der Waals surface area contributed by atoms with Crippen LogP contribution in [0.2, 0.25) is 0 Å². The van der Waals surface area contributed by atoms with E-state index in [1.165, 1.54) is 30.1 Å². The minimum Gasteiger partial charge on any atom is -0.372 e. The van der Waals surface area contributed by atoms with Gasteiger partial charge in [-0.3, -0.25) is 0 Å². The zero-order valence-corrected chi connectivity index (χ0v) is 10.3. The van der Waals surface area contributed by atoms with Crippen molar-refractivity contribution in [1.82, 2.24) is 10.3 Å². The predicted octanol–water partition coefficient (Wildman–Crippen LogP) is 2.15. The van der Waals surface area contributed by atoms with Crippen molar-refractivity contribution >= 4 is 11.3 Å². The van der Waals surface area contributed by atoms with Gasteiger partial charge in [0.25, 0.3) is 0 Å². The minimum atomic E-state index is 0.284. The Bertz CT molecular complexity index is 341. The van der Waals surface area contributed by atoms with Crippen LogP contribution in [0, 0.1) is 5.92 Å². The first kappa shape index (κ1) is 10.7. The Labute approximate surface area is 100 Å². The second-order valence-corrected chi connectivity index (χ2v) is 5.67. The van der Waals surface area contributed by atoms with E-state index in [1.54, 1.807) is 11.3 Å². The third kappa shape index (κ3) is 2.29. The van der Waals surface area contributed by atoms with E-state index in [-0.39, 0.29) is 6.10 Å². The molecule has 3 heterocycles. The number of rotatable bonds is 3. The Hall–Kier alpha value is -0.450. The molecule has 2 unspecified atom stereocenters. The van der Waals surface area contributed by atoms with Crippen LogP contribution in [0.25, 0.3) is 0 Å². The third-order valence-corrected chi connectivity index (χ3v) is 4.34. The van der Waals surface area contributed by atoms with E-state index in [1.807, 2.05) is 0 Å². The van der Waals surface area contributed by atoms with Crippen molar-refractivity contribution in [3.63, 3.8) is 0 Å². The topological polar surface area (TPSA) is 34.2 Å². The zero-order chi connectivity index (χ0) is 10.8. The molecule has 3 nitrogen and oxygen atoms in total. The van der Waals surface area contributed by atoms with Crippen LogP contribution < -0.4 is 5.32 Å². The zero-order valence-electron chi connectivity index (χ0n) is 9.45. The summed E-state index contributed by atoms with van der Waals surface area (Å²) in [5.41, 5.74) is 1.17. The standard InChI is InChI=1S/C12H18N2OS/c1-2-11(15-5-1)10-8-16-12(14-10)6-9-3-4-13-7-9/h8-9,11,13H,1-7H2. The number of ether oxygens (including phenoxy) is 1. The molecular weight excluding hydrogens is 220 g/mol. The number of thiazole rings is 1. The van der Waals surface area contributed by atoms with Gasteiger partial charge in [-0.15, -0.1) is 11.3 Å². The molecule has 0 saturated carbocycles. The van der Waals surface area contributed by atoms with Crippen LogP contribution in [0.1, 0.15) is 36.1 Å². The van der Waals surface area contributed by atoms with Gasteiger partial charge < -0.3 is 10.1 Å². The molecule has 0 bridgehead atoms. The van der Waals surface area contributed by atoms with Gasteiger partial charge in [0.05, 0.1) is 10.7 Å². The predicted molar refractivity (Wildman–Crippen MR) is 64.7 cm³/mol. The maximum absolute atomic E-state index is 5.65. The van der Waals surface area contributed by atoms with Crippen molar-refractivity contribution in [2.24, 2.45) is 5.92 Å². The minimum absolute atomic E-state index is 0.284. The molecule has 1 aromatic heterocycles. The van der Waals surface area contributed by atoms with Crippen LogP contribution >= 0.6 is 11.3 Å². The monoisotopic (exact) mass is 238 g/mol. The van der Waals surface area contributed by atoms with Gasteiger partial charge in [0.15, 0.2) is 0 Å². The molecule has 16 heavy (non-hydrogen) atoms. The van der Waals surface area contributed by atoms with Crippen LogP contribution in [0.5, 0.6) is 0 Å². The first-order chi connectivity index (χ1) is 7.92. The summed E-state index contributed by atoms with van der Waals surface area (Å²) in [5, 5.41) is 6.89. The first-order valence-corrected chi connectivity index (χ1v) is 7.06. The smallest absolute Gasteiger partial charge is 0.100 e. The molecule has 2 aliphatic heterocycles. The van der Waals surface area contributed by atoms with Gasteiger partial charge >= 0.3 is 0 Å². The molecule has 88 valence electrons. The lowest BCUT2D eigenvalue weighted by molar-refractivity contribution is 0.109. The average Bonchev–Trinajstić information content (AvgIpc) is 2.99. The van der Waals surface area contributed by atoms with Crippen LogP contribution in [0.15, 0.2) is 5.38 Å². The second kappa shape index (κ2) is 4.82. The molecule has 0 amide bonds. The van der Waals surface area contributed by atoms with Gasteiger partial charge in [0, 0.05) is 18.4 Å². The summed E-state index contributed by atoms with van der Waals surface area (Å²) >= 11 is 1.80. The van der Waals surface area contributed by atoms with Crippen molar-refractivity contribution < 1.29 is 4.74 Å². The van der Waals surface area contributed by atoms with Gasteiger partial charge in [-0.25, -0.2) is 4.98 Å². The van der Waals surface area contributed by atoms with Crippen molar-refractivity contribution in [2.75, 3.05) is 19.7 Å². The molecule has 1 N–H and O–H groups in total. The molecule has 2 aliphatic rings. The van der Waals surface area contributed by atoms with Crippen LogP contribution in [0.4, 0.5) is 0 Å². The fourth-order valence-electron chi connectivity index (χ4n) is 2.51. The Balaban J connectivity index is 1.62. The van der Waals surface area contributed by atoms with E-state index in [0.717, 1.165) is 31.9 Å². The molecule has 2 atom stereocenters.